The van der Waals surface area contributed by atoms with E-state index in [4.69, 9.17) is 0 Å². The zero-order valence-electron chi connectivity index (χ0n) is 25.4. The first-order chi connectivity index (χ1) is 21.0. The van der Waals surface area contributed by atoms with Gasteiger partial charge in [-0.15, -0.1) is 0 Å². The summed E-state index contributed by atoms with van der Waals surface area (Å²) in [5.74, 6) is 0.333. The third-order valence-electron chi connectivity index (χ3n) is 8.07. The van der Waals surface area contributed by atoms with Crippen LogP contribution in [0.3, 0.4) is 0 Å². The Labute approximate surface area is 255 Å². The highest BCUT2D eigenvalue weighted by Gasteiger charge is 2.14. The second kappa shape index (κ2) is 15.4. The molecule has 1 aliphatic heterocycles. The number of aromatic nitrogens is 3. The average molecular weight is 578 g/mol. The van der Waals surface area contributed by atoms with E-state index < -0.39 is 0 Å². The van der Waals surface area contributed by atoms with Crippen molar-refractivity contribution >= 4 is 23.2 Å². The van der Waals surface area contributed by atoms with Gasteiger partial charge in [0.25, 0.3) is 5.91 Å². The van der Waals surface area contributed by atoms with Crippen LogP contribution in [0.15, 0.2) is 79.3 Å². The Balaban J connectivity index is 0.000000548. The van der Waals surface area contributed by atoms with E-state index in [9.17, 15) is 4.79 Å². The van der Waals surface area contributed by atoms with E-state index in [1.54, 1.807) is 18.6 Å². The van der Waals surface area contributed by atoms with Gasteiger partial charge >= 0.3 is 0 Å². The van der Waals surface area contributed by atoms with Gasteiger partial charge < -0.3 is 15.5 Å². The van der Waals surface area contributed by atoms with E-state index in [1.807, 2.05) is 67.6 Å². The molecule has 0 bridgehead atoms. The highest BCUT2D eigenvalue weighted by Crippen LogP contribution is 2.25. The molecule has 0 radical (unpaired) electrons. The Morgan fingerprint density at radius 3 is 2.26 bits per heavy atom. The standard InChI is InChI=1S/C29H31N7O.C6H12/c1-21-5-10-25(18-27(21)34-29-31-13-11-26(33-29)24-4-3-12-30-19-24)32-28(37)23-8-6-22(7-9-23)20-36-16-14-35(2)15-17-36;1-2-4-6-5-3-1/h3-13,18-19H,14-17,20H2,1-2H3,(H,32,37)(H,31,33,34);1-6H2. The van der Waals surface area contributed by atoms with Crippen LogP contribution in [0, 0.1) is 6.92 Å². The monoisotopic (exact) mass is 577 g/mol. The topological polar surface area (TPSA) is 86.3 Å². The van der Waals surface area contributed by atoms with Gasteiger partial charge in [0.1, 0.15) is 0 Å². The van der Waals surface area contributed by atoms with Crippen LogP contribution >= 0.6 is 0 Å². The fourth-order valence-electron chi connectivity index (χ4n) is 5.34. The second-order valence-corrected chi connectivity index (χ2v) is 11.5. The Morgan fingerprint density at radius 1 is 0.860 bits per heavy atom. The number of hydrogen-bond donors (Lipinski definition) is 2. The molecule has 8 heteroatoms. The lowest BCUT2D eigenvalue weighted by Gasteiger charge is -2.32. The van der Waals surface area contributed by atoms with Crippen molar-refractivity contribution in [1.29, 1.82) is 0 Å². The minimum atomic E-state index is -0.143. The Hall–Kier alpha value is -4.14. The molecule has 1 amide bonds. The van der Waals surface area contributed by atoms with Crippen molar-refractivity contribution in [3.8, 4) is 11.3 Å². The molecule has 4 aromatic rings. The summed E-state index contributed by atoms with van der Waals surface area (Å²) in [6.07, 6.45) is 14.2. The molecule has 2 aromatic heterocycles. The van der Waals surface area contributed by atoms with Crippen LogP contribution in [0.1, 0.15) is 60.0 Å². The molecule has 2 fully saturated rings. The molecular formula is C35H43N7O. The molecular weight excluding hydrogens is 534 g/mol. The first kappa shape index (κ1) is 30.3. The number of piperazine rings is 1. The van der Waals surface area contributed by atoms with Crippen LogP contribution in [0.25, 0.3) is 11.3 Å². The molecule has 0 spiro atoms. The van der Waals surface area contributed by atoms with Crippen molar-refractivity contribution < 1.29 is 4.79 Å². The number of pyridine rings is 1. The molecule has 6 rings (SSSR count). The van der Waals surface area contributed by atoms with Gasteiger partial charge in [-0.2, -0.15) is 0 Å². The average Bonchev–Trinajstić information content (AvgIpc) is 3.06. The minimum absolute atomic E-state index is 0.143. The van der Waals surface area contributed by atoms with Gasteiger partial charge in [0, 0.05) is 73.8 Å². The number of rotatable bonds is 7. The third kappa shape index (κ3) is 9.17. The van der Waals surface area contributed by atoms with Crippen LogP contribution in [-0.2, 0) is 6.54 Å². The summed E-state index contributed by atoms with van der Waals surface area (Å²) >= 11 is 0. The quantitative estimate of drug-likeness (QED) is 0.246. The van der Waals surface area contributed by atoms with Crippen molar-refractivity contribution in [2.75, 3.05) is 43.9 Å². The summed E-state index contributed by atoms with van der Waals surface area (Å²) < 4.78 is 0. The SMILES string of the molecule is C1CCCCC1.Cc1ccc(NC(=O)c2ccc(CN3CCN(C)CC3)cc2)cc1Nc1nccc(-c2cccnc2)n1. The molecule has 8 nitrogen and oxygen atoms in total. The van der Waals surface area contributed by atoms with Crippen LogP contribution < -0.4 is 10.6 Å². The maximum Gasteiger partial charge on any atom is 0.255 e. The Kier molecular flexibility index (Phi) is 10.8. The summed E-state index contributed by atoms with van der Waals surface area (Å²) in [5, 5.41) is 6.29. The lowest BCUT2D eigenvalue weighted by atomic mass is 10.0. The maximum absolute atomic E-state index is 12.9. The number of amides is 1. The van der Waals surface area contributed by atoms with Crippen molar-refractivity contribution in [1.82, 2.24) is 24.8 Å². The summed E-state index contributed by atoms with van der Waals surface area (Å²) in [6.45, 7) is 7.24. The molecule has 1 saturated heterocycles. The largest absolute Gasteiger partial charge is 0.324 e. The molecule has 1 saturated carbocycles. The smallest absolute Gasteiger partial charge is 0.255 e. The van der Waals surface area contributed by atoms with Gasteiger partial charge in [-0.25, -0.2) is 9.97 Å². The number of hydrogen-bond acceptors (Lipinski definition) is 7. The molecule has 2 N–H and O–H groups in total. The van der Waals surface area contributed by atoms with Crippen molar-refractivity contribution in [3.63, 3.8) is 0 Å². The van der Waals surface area contributed by atoms with E-state index in [0.29, 0.717) is 17.2 Å². The number of nitrogens with zero attached hydrogens (tertiary/aromatic N) is 5. The number of nitrogens with one attached hydrogen (secondary N) is 2. The van der Waals surface area contributed by atoms with Crippen LogP contribution in [-0.4, -0.2) is 63.9 Å². The highest BCUT2D eigenvalue weighted by atomic mass is 16.1. The Morgan fingerprint density at radius 2 is 1.58 bits per heavy atom. The molecule has 0 atom stereocenters. The Bertz CT molecular complexity index is 1440. The molecule has 43 heavy (non-hydrogen) atoms. The van der Waals surface area contributed by atoms with E-state index in [1.165, 1.54) is 44.1 Å². The van der Waals surface area contributed by atoms with Gasteiger partial charge in [-0.05, 0) is 67.6 Å². The number of anilines is 3. The van der Waals surface area contributed by atoms with E-state index >= 15 is 0 Å². The highest BCUT2D eigenvalue weighted by molar-refractivity contribution is 6.04. The number of carbonyl (C=O) groups excluding carboxylic acids is 1. The fraction of sp³-hybridized carbons (Fsp3) is 0.371. The van der Waals surface area contributed by atoms with Crippen molar-refractivity contribution in [3.05, 3.63) is 95.9 Å². The molecule has 0 unspecified atom stereocenters. The van der Waals surface area contributed by atoms with E-state index in [2.05, 4.69) is 42.4 Å². The minimum Gasteiger partial charge on any atom is -0.324 e. The fourth-order valence-corrected chi connectivity index (χ4v) is 5.34. The van der Waals surface area contributed by atoms with Crippen molar-refractivity contribution in [2.45, 2.75) is 52.0 Å². The number of likely N-dealkylation sites (N-methyl/N-ethyl adjacent to an activating group) is 1. The van der Waals surface area contributed by atoms with Gasteiger partial charge in [-0.1, -0.05) is 56.7 Å². The van der Waals surface area contributed by atoms with Gasteiger partial charge in [0.15, 0.2) is 0 Å². The van der Waals surface area contributed by atoms with Crippen LogP contribution in [0.4, 0.5) is 17.3 Å². The second-order valence-electron chi connectivity index (χ2n) is 11.5. The third-order valence-corrected chi connectivity index (χ3v) is 8.07. The van der Waals surface area contributed by atoms with Crippen molar-refractivity contribution in [2.24, 2.45) is 0 Å². The van der Waals surface area contributed by atoms with E-state index in [-0.39, 0.29) is 5.91 Å². The number of benzene rings is 2. The zero-order valence-corrected chi connectivity index (χ0v) is 25.4. The summed E-state index contributed by atoms with van der Waals surface area (Å²) in [5.41, 5.74) is 6.08. The van der Waals surface area contributed by atoms with E-state index in [0.717, 1.165) is 55.2 Å². The molecule has 3 heterocycles. The lowest BCUT2D eigenvalue weighted by Crippen LogP contribution is -2.43. The van der Waals surface area contributed by atoms with Gasteiger partial charge in [0.05, 0.1) is 5.69 Å². The molecule has 1 aliphatic carbocycles. The van der Waals surface area contributed by atoms with Gasteiger partial charge in [-0.3, -0.25) is 14.7 Å². The van der Waals surface area contributed by atoms with Gasteiger partial charge in [0.2, 0.25) is 5.95 Å². The molecule has 224 valence electrons. The zero-order chi connectivity index (χ0) is 29.9. The predicted molar refractivity (Wildman–Crippen MR) is 175 cm³/mol. The normalized spacial score (nSPS) is 15.7. The van der Waals surface area contributed by atoms with Crippen LogP contribution in [0.2, 0.25) is 0 Å². The molecule has 2 aromatic carbocycles. The predicted octanol–water partition coefficient (Wildman–Crippen LogP) is 6.93. The summed E-state index contributed by atoms with van der Waals surface area (Å²) in [6, 6.07) is 19.3. The lowest BCUT2D eigenvalue weighted by molar-refractivity contribution is 0.102. The number of aryl methyl sites for hydroxylation is 1. The molecule has 2 aliphatic rings. The first-order valence-corrected chi connectivity index (χ1v) is 15.5. The maximum atomic E-state index is 12.9. The van der Waals surface area contributed by atoms with Crippen LogP contribution in [0.5, 0.6) is 0 Å². The summed E-state index contributed by atoms with van der Waals surface area (Å²) in [4.78, 5) is 30.9. The first-order valence-electron chi connectivity index (χ1n) is 15.5. The number of carbonyl (C=O) groups is 1. The summed E-state index contributed by atoms with van der Waals surface area (Å²) in [7, 11) is 2.16.